The fourth-order valence-electron chi connectivity index (χ4n) is 1.82. The highest BCUT2D eigenvalue weighted by atomic mass is 79.9. The molecule has 0 radical (unpaired) electrons. The van der Waals surface area contributed by atoms with Gasteiger partial charge in [-0.3, -0.25) is 0 Å². The molecule has 0 aliphatic rings. The third-order valence-electron chi connectivity index (χ3n) is 2.75. The van der Waals surface area contributed by atoms with Crippen LogP contribution in [0.3, 0.4) is 0 Å². The summed E-state index contributed by atoms with van der Waals surface area (Å²) in [4.78, 5) is 1.12. The van der Waals surface area contributed by atoms with Crippen molar-refractivity contribution in [1.29, 1.82) is 0 Å². The number of nitrogens with two attached hydrogens (primary N) is 1. The van der Waals surface area contributed by atoms with Crippen LogP contribution in [0.5, 0.6) is 0 Å². The second kappa shape index (κ2) is 4.88. The van der Waals surface area contributed by atoms with Gasteiger partial charge in [0.25, 0.3) is 0 Å². The van der Waals surface area contributed by atoms with E-state index in [9.17, 15) is 4.39 Å². The Balaban J connectivity index is 2.43. The van der Waals surface area contributed by atoms with E-state index in [1.807, 2.05) is 26.0 Å². The first-order valence-electron chi connectivity index (χ1n) is 5.26. The van der Waals surface area contributed by atoms with Crippen molar-refractivity contribution in [2.45, 2.75) is 19.9 Å². The van der Waals surface area contributed by atoms with Crippen LogP contribution in [-0.4, -0.2) is 0 Å². The van der Waals surface area contributed by atoms with Gasteiger partial charge in [0.2, 0.25) is 0 Å². The van der Waals surface area contributed by atoms with E-state index in [4.69, 9.17) is 5.73 Å². The van der Waals surface area contributed by atoms with Gasteiger partial charge in [0.1, 0.15) is 5.82 Å². The molecule has 0 aliphatic carbocycles. The first-order valence-corrected chi connectivity index (χ1v) is 6.87. The molecule has 1 aromatic heterocycles. The maximum atomic E-state index is 13.8. The Kier molecular flexibility index (Phi) is 3.66. The van der Waals surface area contributed by atoms with Crippen molar-refractivity contribution < 1.29 is 4.39 Å². The summed E-state index contributed by atoms with van der Waals surface area (Å²) in [6.07, 6.45) is 0. The van der Waals surface area contributed by atoms with Crippen molar-refractivity contribution in [3.05, 3.63) is 55.4 Å². The van der Waals surface area contributed by atoms with Gasteiger partial charge in [-0.2, -0.15) is 0 Å². The molecule has 2 rings (SSSR count). The molecule has 1 aromatic carbocycles. The number of aryl methyl sites for hydroxylation is 2. The number of rotatable bonds is 2. The Bertz CT molecular complexity index is 550. The molecule has 17 heavy (non-hydrogen) atoms. The molecule has 90 valence electrons. The standard InChI is InChI=1S/C13H13BrFNS/c1-7-3-4-9(11(15)5-7)13(16)10-6-12(14)17-8(10)2/h3-6,13H,16H2,1-2H3. The highest BCUT2D eigenvalue weighted by molar-refractivity contribution is 9.11. The lowest BCUT2D eigenvalue weighted by atomic mass is 9.99. The van der Waals surface area contributed by atoms with Gasteiger partial charge in [-0.1, -0.05) is 12.1 Å². The average Bonchev–Trinajstić information content (AvgIpc) is 2.57. The Morgan fingerprint density at radius 1 is 1.24 bits per heavy atom. The molecule has 2 N–H and O–H groups in total. The van der Waals surface area contributed by atoms with E-state index < -0.39 is 6.04 Å². The Morgan fingerprint density at radius 3 is 2.47 bits per heavy atom. The molecule has 0 saturated heterocycles. The molecule has 1 nitrogen and oxygen atoms in total. The zero-order valence-electron chi connectivity index (χ0n) is 9.63. The van der Waals surface area contributed by atoms with Gasteiger partial charge in [0.15, 0.2) is 0 Å². The summed E-state index contributed by atoms with van der Waals surface area (Å²) in [5, 5.41) is 0. The van der Waals surface area contributed by atoms with Crippen molar-refractivity contribution in [2.24, 2.45) is 5.73 Å². The zero-order chi connectivity index (χ0) is 12.6. The molecule has 0 fully saturated rings. The molecule has 1 unspecified atom stereocenters. The fraction of sp³-hybridized carbons (Fsp3) is 0.231. The van der Waals surface area contributed by atoms with E-state index in [0.29, 0.717) is 5.56 Å². The molecule has 0 spiro atoms. The number of thiophene rings is 1. The topological polar surface area (TPSA) is 26.0 Å². The van der Waals surface area contributed by atoms with Crippen molar-refractivity contribution in [3.8, 4) is 0 Å². The molecule has 0 saturated carbocycles. The van der Waals surface area contributed by atoms with Gasteiger partial charge in [-0.15, -0.1) is 11.3 Å². The number of hydrogen-bond donors (Lipinski definition) is 1. The van der Waals surface area contributed by atoms with Gasteiger partial charge in [0.05, 0.1) is 9.83 Å². The van der Waals surface area contributed by atoms with Gasteiger partial charge < -0.3 is 5.73 Å². The molecule has 4 heteroatoms. The van der Waals surface area contributed by atoms with E-state index in [0.717, 1.165) is 19.8 Å². The summed E-state index contributed by atoms with van der Waals surface area (Å²) in [6.45, 7) is 3.86. The smallest absolute Gasteiger partial charge is 0.128 e. The Labute approximate surface area is 113 Å². The minimum atomic E-state index is -0.404. The lowest BCUT2D eigenvalue weighted by molar-refractivity contribution is 0.598. The summed E-state index contributed by atoms with van der Waals surface area (Å²) >= 11 is 5.04. The highest BCUT2D eigenvalue weighted by Crippen LogP contribution is 2.33. The van der Waals surface area contributed by atoms with E-state index >= 15 is 0 Å². The van der Waals surface area contributed by atoms with E-state index in [1.165, 1.54) is 6.07 Å². The predicted octanol–water partition coefficient (Wildman–Crippen LogP) is 4.31. The largest absolute Gasteiger partial charge is 0.320 e. The molecule has 0 bridgehead atoms. The second-order valence-corrected chi connectivity index (χ2v) is 6.70. The lowest BCUT2D eigenvalue weighted by Gasteiger charge is -2.13. The summed E-state index contributed by atoms with van der Waals surface area (Å²) in [5.41, 5.74) is 8.55. The summed E-state index contributed by atoms with van der Waals surface area (Å²) in [5.74, 6) is -0.237. The van der Waals surface area contributed by atoms with E-state index in [-0.39, 0.29) is 5.82 Å². The second-order valence-electron chi connectivity index (χ2n) is 4.06. The van der Waals surface area contributed by atoms with Crippen molar-refractivity contribution in [2.75, 3.05) is 0 Å². The van der Waals surface area contributed by atoms with Crippen LogP contribution in [0.1, 0.15) is 27.6 Å². The fourth-order valence-corrected chi connectivity index (χ4v) is 3.58. The third kappa shape index (κ3) is 2.59. The predicted molar refractivity (Wildman–Crippen MR) is 73.9 cm³/mol. The summed E-state index contributed by atoms with van der Waals surface area (Å²) in [6, 6.07) is 6.73. The highest BCUT2D eigenvalue weighted by Gasteiger charge is 2.17. The van der Waals surface area contributed by atoms with Crippen LogP contribution in [0.15, 0.2) is 28.1 Å². The first kappa shape index (κ1) is 12.7. The molecular formula is C13H13BrFNS. The minimum Gasteiger partial charge on any atom is -0.320 e. The number of hydrogen-bond acceptors (Lipinski definition) is 2. The van der Waals surface area contributed by atoms with Crippen LogP contribution < -0.4 is 5.73 Å². The van der Waals surface area contributed by atoms with Crippen LogP contribution in [0.25, 0.3) is 0 Å². The zero-order valence-corrected chi connectivity index (χ0v) is 12.0. The van der Waals surface area contributed by atoms with E-state index in [2.05, 4.69) is 15.9 Å². The Morgan fingerprint density at radius 2 is 1.94 bits per heavy atom. The van der Waals surface area contributed by atoms with Crippen LogP contribution >= 0.6 is 27.3 Å². The minimum absolute atomic E-state index is 0.237. The summed E-state index contributed by atoms with van der Waals surface area (Å²) in [7, 11) is 0. The normalized spacial score (nSPS) is 12.8. The molecular weight excluding hydrogens is 301 g/mol. The molecule has 1 atom stereocenters. The van der Waals surface area contributed by atoms with Crippen molar-refractivity contribution in [3.63, 3.8) is 0 Å². The monoisotopic (exact) mass is 313 g/mol. The van der Waals surface area contributed by atoms with Gasteiger partial charge >= 0.3 is 0 Å². The molecule has 2 aromatic rings. The quantitative estimate of drug-likeness (QED) is 0.878. The van der Waals surface area contributed by atoms with Crippen LogP contribution in [0.2, 0.25) is 0 Å². The average molecular weight is 314 g/mol. The SMILES string of the molecule is Cc1ccc(C(N)c2cc(Br)sc2C)c(F)c1. The maximum Gasteiger partial charge on any atom is 0.128 e. The van der Waals surface area contributed by atoms with Gasteiger partial charge in [-0.05, 0) is 53.0 Å². The maximum absolute atomic E-state index is 13.8. The first-order chi connectivity index (χ1) is 7.99. The van der Waals surface area contributed by atoms with Crippen LogP contribution in [0.4, 0.5) is 4.39 Å². The van der Waals surface area contributed by atoms with Crippen molar-refractivity contribution >= 4 is 27.3 Å². The third-order valence-corrected chi connectivity index (χ3v) is 4.32. The molecule has 0 amide bonds. The van der Waals surface area contributed by atoms with Crippen molar-refractivity contribution in [1.82, 2.24) is 0 Å². The summed E-state index contributed by atoms with van der Waals surface area (Å²) < 4.78 is 14.9. The van der Waals surface area contributed by atoms with Gasteiger partial charge in [-0.25, -0.2) is 4.39 Å². The number of halogens is 2. The van der Waals surface area contributed by atoms with Crippen LogP contribution in [-0.2, 0) is 0 Å². The van der Waals surface area contributed by atoms with Gasteiger partial charge in [0, 0.05) is 10.4 Å². The number of benzene rings is 1. The Hall–Kier alpha value is -0.710. The van der Waals surface area contributed by atoms with E-state index in [1.54, 1.807) is 17.4 Å². The van der Waals surface area contributed by atoms with Crippen LogP contribution in [0, 0.1) is 19.7 Å². The molecule has 1 heterocycles. The molecule has 0 aliphatic heterocycles. The lowest BCUT2D eigenvalue weighted by Crippen LogP contribution is -2.13.